The van der Waals surface area contributed by atoms with Crippen LogP contribution in [0.15, 0.2) is 0 Å². The van der Waals surface area contributed by atoms with Crippen LogP contribution in [0.1, 0.15) is 79.6 Å². The Hall–Kier alpha value is -0.0231. The average Bonchev–Trinajstić information content (AvgIpc) is 3.35. The summed E-state index contributed by atoms with van der Waals surface area (Å²) >= 11 is 0. The van der Waals surface area contributed by atoms with Gasteiger partial charge in [0, 0.05) is 17.9 Å². The van der Waals surface area contributed by atoms with Crippen LogP contribution in [-0.2, 0) is 13.9 Å². The van der Waals surface area contributed by atoms with Gasteiger partial charge in [0.15, 0.2) is 14.1 Å². The third kappa shape index (κ3) is 4.15. The lowest BCUT2D eigenvalue weighted by molar-refractivity contribution is -0.251. The molecule has 7 heteroatoms. The summed E-state index contributed by atoms with van der Waals surface area (Å²) in [6.45, 7) is 16.8. The van der Waals surface area contributed by atoms with Crippen LogP contribution in [0.3, 0.4) is 0 Å². The molecule has 0 aromatic rings. The fourth-order valence-corrected chi connectivity index (χ4v) is 9.32. The Bertz CT molecular complexity index is 731. The van der Waals surface area contributed by atoms with Crippen LogP contribution in [0.2, 0.25) is 18.1 Å². The quantitative estimate of drug-likeness (QED) is 0.485. The van der Waals surface area contributed by atoms with Gasteiger partial charge in [-0.3, -0.25) is 0 Å². The number of aliphatic hydroxyl groups excluding tert-OH is 3. The zero-order chi connectivity index (χ0) is 25.2. The molecule has 4 rings (SSSR count). The molecule has 3 N–H and O–H groups in total. The first-order valence-electron chi connectivity index (χ1n) is 13.6. The van der Waals surface area contributed by atoms with Gasteiger partial charge in [-0.05, 0) is 79.8 Å². The summed E-state index contributed by atoms with van der Waals surface area (Å²) in [5.74, 6) is -0.275. The Morgan fingerprint density at radius 2 is 1.62 bits per heavy atom. The first-order chi connectivity index (χ1) is 15.7. The molecule has 5 unspecified atom stereocenters. The molecule has 4 fully saturated rings. The van der Waals surface area contributed by atoms with Crippen molar-refractivity contribution in [1.82, 2.24) is 0 Å². The summed E-state index contributed by atoms with van der Waals surface area (Å²) in [6.07, 6.45) is 4.94. The van der Waals surface area contributed by atoms with Crippen LogP contribution >= 0.6 is 0 Å². The molecule has 1 heterocycles. The maximum absolute atomic E-state index is 11.6. The van der Waals surface area contributed by atoms with Gasteiger partial charge in [-0.2, -0.15) is 0 Å². The maximum atomic E-state index is 11.6. The van der Waals surface area contributed by atoms with Gasteiger partial charge in [0.05, 0.1) is 32.0 Å². The van der Waals surface area contributed by atoms with Crippen LogP contribution < -0.4 is 0 Å². The second kappa shape index (κ2) is 9.07. The van der Waals surface area contributed by atoms with Crippen molar-refractivity contribution < 1.29 is 29.2 Å². The minimum Gasteiger partial charge on any atom is -0.414 e. The first kappa shape index (κ1) is 27.0. The van der Waals surface area contributed by atoms with E-state index in [1.807, 2.05) is 0 Å². The molecule has 1 spiro atoms. The number of ether oxygens (including phenoxy) is 2. The largest absolute Gasteiger partial charge is 0.414 e. The second-order valence-corrected chi connectivity index (χ2v) is 18.5. The molecular formula is C27H50O6Si. The summed E-state index contributed by atoms with van der Waals surface area (Å²) in [5.41, 5.74) is -0.479. The zero-order valence-corrected chi connectivity index (χ0v) is 23.6. The van der Waals surface area contributed by atoms with Crippen LogP contribution in [-0.4, -0.2) is 67.6 Å². The van der Waals surface area contributed by atoms with Crippen molar-refractivity contribution >= 4 is 8.32 Å². The predicted octanol–water partition coefficient (Wildman–Crippen LogP) is 4.47. The number of hydrogen-bond acceptors (Lipinski definition) is 6. The third-order valence-electron chi connectivity index (χ3n) is 11.1. The maximum Gasteiger partial charge on any atom is 0.192 e. The van der Waals surface area contributed by atoms with E-state index in [9.17, 15) is 15.3 Å². The van der Waals surface area contributed by atoms with Crippen molar-refractivity contribution in [1.29, 1.82) is 0 Å². The normalized spacial score (nSPS) is 43.8. The van der Waals surface area contributed by atoms with Gasteiger partial charge in [0.25, 0.3) is 0 Å². The Kier molecular flexibility index (Phi) is 7.21. The van der Waals surface area contributed by atoms with Crippen molar-refractivity contribution in [3.05, 3.63) is 0 Å². The minimum absolute atomic E-state index is 0.0755. The topological polar surface area (TPSA) is 88.4 Å². The number of hydrogen-bond donors (Lipinski definition) is 3. The van der Waals surface area contributed by atoms with Gasteiger partial charge in [-0.15, -0.1) is 0 Å². The standard InChI is InChI=1S/C27H50O6Si/c1-24(2,3)34(6,7)33-18-8-11-25(4,22(30)16-18)19-9-12-26(5)20(23(19)21(29)17-28)10-13-27(26)31-14-15-32-27/h18-23,28-30H,8-17H2,1-7H3/t18?,19?,20?,21?,22-,23?,25+,26-/m0/s1. The monoisotopic (exact) mass is 498 g/mol. The molecule has 0 bridgehead atoms. The van der Waals surface area contributed by atoms with E-state index in [1.54, 1.807) is 0 Å². The number of rotatable bonds is 5. The highest BCUT2D eigenvalue weighted by atomic mass is 28.4. The molecule has 198 valence electrons. The molecule has 1 saturated heterocycles. The van der Waals surface area contributed by atoms with Gasteiger partial charge in [0.1, 0.15) is 0 Å². The van der Waals surface area contributed by atoms with Crippen molar-refractivity contribution in [2.24, 2.45) is 28.6 Å². The lowest BCUT2D eigenvalue weighted by Crippen LogP contribution is -2.59. The van der Waals surface area contributed by atoms with Crippen molar-refractivity contribution in [3.8, 4) is 0 Å². The van der Waals surface area contributed by atoms with E-state index in [4.69, 9.17) is 13.9 Å². The van der Waals surface area contributed by atoms with Crippen LogP contribution in [0.4, 0.5) is 0 Å². The molecule has 0 aromatic heterocycles. The molecule has 8 atom stereocenters. The van der Waals surface area contributed by atoms with E-state index < -0.39 is 26.3 Å². The minimum atomic E-state index is -1.90. The van der Waals surface area contributed by atoms with Crippen LogP contribution in [0.25, 0.3) is 0 Å². The molecule has 0 aromatic carbocycles. The second-order valence-electron chi connectivity index (χ2n) is 13.8. The highest BCUT2D eigenvalue weighted by Gasteiger charge is 2.67. The van der Waals surface area contributed by atoms with Crippen molar-refractivity contribution in [2.45, 2.75) is 122 Å². The molecule has 4 aliphatic rings. The summed E-state index contributed by atoms with van der Waals surface area (Å²) < 4.78 is 19.1. The average molecular weight is 499 g/mol. The molecule has 1 aliphatic heterocycles. The molecule has 3 aliphatic carbocycles. The van der Waals surface area contributed by atoms with E-state index >= 15 is 0 Å². The molecule has 34 heavy (non-hydrogen) atoms. The van der Waals surface area contributed by atoms with E-state index in [-0.39, 0.29) is 46.3 Å². The SMILES string of the molecule is CC(C)(C)[Si](C)(C)OC1CC[C@](C)(C2CC[C@@]3(C)C(CCC34OCCO4)C2C(O)CO)[C@@H](O)C1. The third-order valence-corrected chi connectivity index (χ3v) is 15.7. The van der Waals surface area contributed by atoms with E-state index in [2.05, 4.69) is 47.7 Å². The van der Waals surface area contributed by atoms with Gasteiger partial charge in [-0.1, -0.05) is 34.6 Å². The molecule has 3 saturated carbocycles. The Morgan fingerprint density at radius 3 is 2.18 bits per heavy atom. The van der Waals surface area contributed by atoms with Crippen LogP contribution in [0.5, 0.6) is 0 Å². The number of fused-ring (bicyclic) bond motifs is 2. The summed E-state index contributed by atoms with van der Waals surface area (Å²) in [5, 5.41) is 32.9. The van der Waals surface area contributed by atoms with E-state index in [1.165, 1.54) is 0 Å². The summed E-state index contributed by atoms with van der Waals surface area (Å²) in [6, 6.07) is 0. The van der Waals surface area contributed by atoms with E-state index in [0.717, 1.165) is 38.5 Å². The zero-order valence-electron chi connectivity index (χ0n) is 22.6. The fourth-order valence-electron chi connectivity index (χ4n) is 7.92. The lowest BCUT2D eigenvalue weighted by Gasteiger charge is -2.58. The van der Waals surface area contributed by atoms with Gasteiger partial charge in [-0.25, -0.2) is 0 Å². The molecule has 0 amide bonds. The smallest absolute Gasteiger partial charge is 0.192 e. The Balaban J connectivity index is 1.55. The molecule has 6 nitrogen and oxygen atoms in total. The van der Waals surface area contributed by atoms with Crippen molar-refractivity contribution in [2.75, 3.05) is 19.8 Å². The highest BCUT2D eigenvalue weighted by molar-refractivity contribution is 6.74. The number of aliphatic hydroxyl groups is 3. The highest BCUT2D eigenvalue weighted by Crippen LogP contribution is 2.66. The summed E-state index contributed by atoms with van der Waals surface area (Å²) in [4.78, 5) is 0. The first-order valence-corrected chi connectivity index (χ1v) is 16.5. The van der Waals surface area contributed by atoms with Crippen LogP contribution in [0, 0.1) is 28.6 Å². The Labute approximate surface area is 207 Å². The predicted molar refractivity (Wildman–Crippen MR) is 135 cm³/mol. The van der Waals surface area contributed by atoms with Gasteiger partial charge < -0.3 is 29.2 Å². The summed E-state index contributed by atoms with van der Waals surface area (Å²) in [7, 11) is -1.90. The molecular weight excluding hydrogens is 448 g/mol. The van der Waals surface area contributed by atoms with Gasteiger partial charge in [0.2, 0.25) is 0 Å². The fraction of sp³-hybridized carbons (Fsp3) is 1.00. The molecule has 0 radical (unpaired) electrons. The van der Waals surface area contributed by atoms with Gasteiger partial charge >= 0.3 is 0 Å². The lowest BCUT2D eigenvalue weighted by atomic mass is 9.49. The Morgan fingerprint density at radius 1 is 1.00 bits per heavy atom. The van der Waals surface area contributed by atoms with Crippen molar-refractivity contribution in [3.63, 3.8) is 0 Å². The van der Waals surface area contributed by atoms with E-state index in [0.29, 0.717) is 19.6 Å².